The van der Waals surface area contributed by atoms with Crippen LogP contribution in [0.3, 0.4) is 0 Å². The Balaban J connectivity index is 1.57. The van der Waals surface area contributed by atoms with Crippen molar-refractivity contribution in [3.8, 4) is 0 Å². The number of thiophene rings is 1. The molecule has 4 aromatic rings. The summed E-state index contributed by atoms with van der Waals surface area (Å²) < 4.78 is 1.50. The van der Waals surface area contributed by atoms with E-state index in [1.54, 1.807) is 11.0 Å². The molecule has 0 radical (unpaired) electrons. The highest BCUT2D eigenvalue weighted by Crippen LogP contribution is 2.35. The lowest BCUT2D eigenvalue weighted by molar-refractivity contribution is -0.385. The van der Waals surface area contributed by atoms with Gasteiger partial charge in [0, 0.05) is 31.6 Å². The maximum atomic E-state index is 13.6. The lowest BCUT2D eigenvalue weighted by Crippen LogP contribution is -2.49. The highest BCUT2D eigenvalue weighted by Gasteiger charge is 2.32. The van der Waals surface area contributed by atoms with Crippen LogP contribution in [0.5, 0.6) is 0 Å². The molecule has 5 rings (SSSR count). The molecule has 0 N–H and O–H groups in total. The lowest BCUT2D eigenvalue weighted by atomic mass is 10.1. The normalized spacial score (nSPS) is 13.8. The molecule has 184 valence electrons. The van der Waals surface area contributed by atoms with Gasteiger partial charge in [0.15, 0.2) is 0 Å². The van der Waals surface area contributed by atoms with Crippen LogP contribution < -0.4 is 10.5 Å². The van der Waals surface area contributed by atoms with Crippen LogP contribution in [0.4, 0.5) is 11.4 Å². The van der Waals surface area contributed by atoms with Gasteiger partial charge in [-0.2, -0.15) is 0 Å². The largest absolute Gasteiger partial charge is 0.362 e. The summed E-state index contributed by atoms with van der Waals surface area (Å²) in [5.41, 5.74) is 2.90. The van der Waals surface area contributed by atoms with Crippen LogP contribution in [0, 0.1) is 24.0 Å². The second-order valence-corrected chi connectivity index (χ2v) is 10.1. The van der Waals surface area contributed by atoms with Crippen LogP contribution in [0.15, 0.2) is 64.8 Å². The Bertz CT molecular complexity index is 1500. The van der Waals surface area contributed by atoms with Crippen molar-refractivity contribution in [3.05, 3.63) is 102 Å². The number of fused-ring (bicyclic) bond motifs is 1. The Morgan fingerprint density at radius 1 is 1.00 bits per heavy atom. The highest BCUT2D eigenvalue weighted by molar-refractivity contribution is 7.12. The van der Waals surface area contributed by atoms with Crippen LogP contribution in [0.1, 0.15) is 26.4 Å². The summed E-state index contributed by atoms with van der Waals surface area (Å²) in [7, 11) is 0. The van der Waals surface area contributed by atoms with Crippen LogP contribution in [-0.4, -0.2) is 46.5 Å². The number of benzene rings is 2. The fourth-order valence-corrected chi connectivity index (χ4v) is 5.44. The molecule has 1 aliphatic rings. The third-order valence-corrected chi connectivity index (χ3v) is 7.49. The van der Waals surface area contributed by atoms with E-state index in [1.807, 2.05) is 72.7 Å². The van der Waals surface area contributed by atoms with Gasteiger partial charge in [-0.1, -0.05) is 47.5 Å². The number of piperazine rings is 1. The molecule has 1 saturated heterocycles. The van der Waals surface area contributed by atoms with E-state index in [2.05, 4.69) is 0 Å². The maximum Gasteiger partial charge on any atom is 0.357 e. The molecule has 9 heteroatoms. The van der Waals surface area contributed by atoms with Gasteiger partial charge >= 0.3 is 11.2 Å². The molecule has 2 aromatic heterocycles. The average Bonchev–Trinajstić information content (AvgIpc) is 3.41. The van der Waals surface area contributed by atoms with Crippen molar-refractivity contribution in [3.63, 3.8) is 0 Å². The van der Waals surface area contributed by atoms with Gasteiger partial charge in [-0.05, 0) is 43.0 Å². The number of hydrogen-bond donors (Lipinski definition) is 0. The molecule has 3 heterocycles. The first-order chi connectivity index (χ1) is 17.3. The maximum absolute atomic E-state index is 13.6. The summed E-state index contributed by atoms with van der Waals surface area (Å²) in [5, 5.41) is 14.8. The molecular formula is C27H26N4O4S. The molecule has 0 spiro atoms. The van der Waals surface area contributed by atoms with Gasteiger partial charge in [-0.15, -0.1) is 11.3 Å². The second kappa shape index (κ2) is 9.58. The van der Waals surface area contributed by atoms with Crippen LogP contribution in [0.25, 0.3) is 10.9 Å². The molecule has 8 nitrogen and oxygen atoms in total. The number of pyridine rings is 1. The number of amides is 1. The summed E-state index contributed by atoms with van der Waals surface area (Å²) in [6.07, 6.45) is 0. The second-order valence-electron chi connectivity index (χ2n) is 9.11. The molecule has 1 amide bonds. The smallest absolute Gasteiger partial charge is 0.357 e. The van der Waals surface area contributed by atoms with Crippen molar-refractivity contribution in [2.45, 2.75) is 20.4 Å². The Morgan fingerprint density at radius 3 is 2.33 bits per heavy atom. The van der Waals surface area contributed by atoms with E-state index in [1.165, 1.54) is 15.9 Å². The van der Waals surface area contributed by atoms with Crippen molar-refractivity contribution in [1.29, 1.82) is 0 Å². The van der Waals surface area contributed by atoms with Crippen LogP contribution in [-0.2, 0) is 6.54 Å². The van der Waals surface area contributed by atoms with Crippen molar-refractivity contribution < 1.29 is 9.72 Å². The number of rotatable bonds is 5. The summed E-state index contributed by atoms with van der Waals surface area (Å²) in [6, 6.07) is 17.1. The molecule has 0 unspecified atom stereocenters. The number of aryl methyl sites for hydroxylation is 2. The van der Waals surface area contributed by atoms with Gasteiger partial charge in [-0.25, -0.2) is 0 Å². The topological polar surface area (TPSA) is 88.7 Å². The predicted octanol–water partition coefficient (Wildman–Crippen LogP) is 4.60. The molecule has 0 atom stereocenters. The van der Waals surface area contributed by atoms with Gasteiger partial charge < -0.3 is 9.80 Å². The molecule has 36 heavy (non-hydrogen) atoms. The number of nitrogens with zero attached hydrogens (tertiary/aromatic N) is 4. The first-order valence-corrected chi connectivity index (χ1v) is 12.7. The summed E-state index contributed by atoms with van der Waals surface area (Å²) in [4.78, 5) is 42.4. The lowest BCUT2D eigenvalue weighted by Gasteiger charge is -2.36. The van der Waals surface area contributed by atoms with Gasteiger partial charge in [0.05, 0.1) is 21.9 Å². The number of aromatic nitrogens is 1. The number of carbonyl (C=O) groups excluding carboxylic acids is 1. The third kappa shape index (κ3) is 4.37. The molecule has 1 aliphatic heterocycles. The molecular weight excluding hydrogens is 476 g/mol. The van der Waals surface area contributed by atoms with E-state index < -0.39 is 16.2 Å². The molecule has 1 fully saturated rings. The zero-order chi connectivity index (χ0) is 25.4. The SMILES string of the molecule is Cc1ccc(Cn2c(=O)c([N+](=O)[O-])c(N3CCN(C(=O)c4cccs4)CC3)c3cc(C)ccc32)cc1. The van der Waals surface area contributed by atoms with Gasteiger partial charge in [0.25, 0.3) is 5.91 Å². The fourth-order valence-electron chi connectivity index (χ4n) is 4.75. The van der Waals surface area contributed by atoms with Gasteiger partial charge in [-0.3, -0.25) is 24.3 Å². The van der Waals surface area contributed by atoms with Gasteiger partial charge in [0.1, 0.15) is 5.69 Å². The fraction of sp³-hybridized carbons (Fsp3) is 0.259. The van der Waals surface area contributed by atoms with Gasteiger partial charge in [0.2, 0.25) is 0 Å². The minimum atomic E-state index is -0.621. The van der Waals surface area contributed by atoms with E-state index >= 15 is 0 Å². The van der Waals surface area contributed by atoms with E-state index in [-0.39, 0.29) is 12.5 Å². The van der Waals surface area contributed by atoms with Crippen molar-refractivity contribution >= 4 is 39.5 Å². The third-order valence-electron chi connectivity index (χ3n) is 6.63. The minimum Gasteiger partial charge on any atom is -0.362 e. The summed E-state index contributed by atoms with van der Waals surface area (Å²) >= 11 is 1.40. The molecule has 0 bridgehead atoms. The zero-order valence-corrected chi connectivity index (χ0v) is 21.0. The Kier molecular flexibility index (Phi) is 6.32. The van der Waals surface area contributed by atoms with Crippen LogP contribution >= 0.6 is 11.3 Å². The highest BCUT2D eigenvalue weighted by atomic mass is 32.1. The van der Waals surface area contributed by atoms with E-state index in [0.717, 1.165) is 16.7 Å². The van der Waals surface area contributed by atoms with Crippen LogP contribution in [0.2, 0.25) is 0 Å². The monoisotopic (exact) mass is 502 g/mol. The minimum absolute atomic E-state index is 0.0339. The first kappa shape index (κ1) is 23.7. The Labute approximate surface area is 212 Å². The first-order valence-electron chi connectivity index (χ1n) is 11.8. The van der Waals surface area contributed by atoms with Crippen molar-refractivity contribution in [2.75, 3.05) is 31.1 Å². The zero-order valence-electron chi connectivity index (χ0n) is 20.1. The van der Waals surface area contributed by atoms with E-state index in [9.17, 15) is 19.7 Å². The van der Waals surface area contributed by atoms with Crippen molar-refractivity contribution in [2.24, 2.45) is 0 Å². The molecule has 0 aliphatic carbocycles. The molecule has 0 saturated carbocycles. The number of carbonyl (C=O) groups is 1. The number of anilines is 1. The Morgan fingerprint density at radius 2 is 1.69 bits per heavy atom. The Hall–Kier alpha value is -3.98. The summed E-state index contributed by atoms with van der Waals surface area (Å²) in [6.45, 7) is 5.82. The quantitative estimate of drug-likeness (QED) is 0.294. The standard InChI is InChI=1S/C27H26N4O4S/c1-18-5-8-20(9-6-18)17-30-22-10-7-19(2)16-21(22)24(25(27(30)33)31(34)35)28-11-13-29(14-12-28)26(32)23-4-3-15-36-23/h3-10,15-16H,11-14,17H2,1-2H3. The number of nitro groups is 1. The van der Waals surface area contributed by atoms with E-state index in [0.29, 0.717) is 47.6 Å². The number of hydrogen-bond acceptors (Lipinski definition) is 6. The predicted molar refractivity (Wildman–Crippen MR) is 142 cm³/mol. The van der Waals surface area contributed by atoms with Crippen molar-refractivity contribution in [1.82, 2.24) is 9.47 Å². The van der Waals surface area contributed by atoms with E-state index in [4.69, 9.17) is 0 Å². The average molecular weight is 503 g/mol. The summed E-state index contributed by atoms with van der Waals surface area (Å²) in [5.74, 6) is -0.0339. The molecule has 2 aromatic carbocycles.